The molecular formula is C21H39N5O8. The fourth-order valence-corrected chi connectivity index (χ4v) is 4.81. The first-order valence-electron chi connectivity index (χ1n) is 11.5. The summed E-state index contributed by atoms with van der Waals surface area (Å²) >= 11 is 0. The monoisotopic (exact) mass is 489 g/mol. The van der Waals surface area contributed by atoms with E-state index in [1.807, 2.05) is 0 Å². The Bertz CT molecular complexity index is 740. The molecule has 3 rings (SSSR count). The molecule has 2 fully saturated rings. The highest BCUT2D eigenvalue weighted by Gasteiger charge is 2.50. The van der Waals surface area contributed by atoms with Gasteiger partial charge in [0.05, 0.1) is 25.2 Å². The molecule has 1 amide bonds. The number of nitrogens with two attached hydrogens (primary N) is 3. The Morgan fingerprint density at radius 3 is 2.38 bits per heavy atom. The number of aliphatic hydroxyl groups excluding tert-OH is 2. The Morgan fingerprint density at radius 2 is 1.82 bits per heavy atom. The maximum Gasteiger partial charge on any atom is 0.220 e. The van der Waals surface area contributed by atoms with Crippen LogP contribution in [0.15, 0.2) is 11.8 Å². The number of ether oxygens (including phenoxy) is 4. The van der Waals surface area contributed by atoms with E-state index in [4.69, 9.17) is 36.1 Å². The Hall–Kier alpha value is -1.39. The van der Waals surface area contributed by atoms with Crippen LogP contribution in [-0.4, -0.2) is 108 Å². The Morgan fingerprint density at radius 1 is 1.21 bits per heavy atom. The van der Waals surface area contributed by atoms with E-state index < -0.39 is 66.8 Å². The highest BCUT2D eigenvalue weighted by molar-refractivity contribution is 5.73. The summed E-state index contributed by atoms with van der Waals surface area (Å²) in [5.41, 5.74) is 16.9. The fourth-order valence-electron chi connectivity index (χ4n) is 4.81. The van der Waals surface area contributed by atoms with Gasteiger partial charge < -0.3 is 62.1 Å². The highest BCUT2D eigenvalue weighted by atomic mass is 16.7. The van der Waals surface area contributed by atoms with E-state index in [-0.39, 0.29) is 25.5 Å². The van der Waals surface area contributed by atoms with Gasteiger partial charge in [0.2, 0.25) is 12.2 Å². The van der Waals surface area contributed by atoms with Gasteiger partial charge in [-0.3, -0.25) is 4.79 Å². The summed E-state index contributed by atoms with van der Waals surface area (Å²) in [6, 6.07) is -2.56. The average Bonchev–Trinajstić information content (AvgIpc) is 2.76. The van der Waals surface area contributed by atoms with E-state index in [0.717, 1.165) is 0 Å². The van der Waals surface area contributed by atoms with Crippen LogP contribution in [0, 0.1) is 0 Å². The maximum absolute atomic E-state index is 11.6. The normalized spacial score (nSPS) is 45.3. The molecule has 34 heavy (non-hydrogen) atoms. The third-order valence-corrected chi connectivity index (χ3v) is 6.57. The summed E-state index contributed by atoms with van der Waals surface area (Å²) in [6.07, 6.45) is -4.10. The van der Waals surface area contributed by atoms with Gasteiger partial charge >= 0.3 is 0 Å². The third kappa shape index (κ3) is 5.87. The van der Waals surface area contributed by atoms with Gasteiger partial charge in [0, 0.05) is 19.0 Å². The molecule has 2 aliphatic heterocycles. The second kappa shape index (κ2) is 11.1. The van der Waals surface area contributed by atoms with Gasteiger partial charge in [-0.1, -0.05) is 0 Å². The second-order valence-corrected chi connectivity index (χ2v) is 9.45. The van der Waals surface area contributed by atoms with Gasteiger partial charge in [0.25, 0.3) is 0 Å². The Kier molecular flexibility index (Phi) is 8.90. The minimum absolute atomic E-state index is 0.0970. The number of likely N-dealkylation sites (N-methyl/N-ethyl adjacent to an activating group) is 1. The molecule has 13 nitrogen and oxygen atoms in total. The van der Waals surface area contributed by atoms with Crippen LogP contribution in [0.3, 0.4) is 0 Å². The summed E-state index contributed by atoms with van der Waals surface area (Å²) in [7, 11) is 1.61. The summed E-state index contributed by atoms with van der Waals surface area (Å²) in [6.45, 7) is 2.97. The van der Waals surface area contributed by atoms with Crippen molar-refractivity contribution in [2.75, 3.05) is 20.2 Å². The third-order valence-electron chi connectivity index (χ3n) is 6.57. The van der Waals surface area contributed by atoms with Crippen molar-refractivity contribution in [3.63, 3.8) is 0 Å². The van der Waals surface area contributed by atoms with Crippen LogP contribution in [0.2, 0.25) is 0 Å². The van der Waals surface area contributed by atoms with E-state index >= 15 is 0 Å². The zero-order valence-electron chi connectivity index (χ0n) is 19.8. The lowest BCUT2D eigenvalue weighted by Crippen LogP contribution is -2.68. The molecular weight excluding hydrogens is 450 g/mol. The molecule has 13 heteroatoms. The Balaban J connectivity index is 1.73. The molecule has 0 aromatic rings. The Labute approximate surface area is 198 Å². The number of hydrogen-bond acceptors (Lipinski definition) is 12. The van der Waals surface area contributed by atoms with Crippen molar-refractivity contribution in [1.29, 1.82) is 0 Å². The van der Waals surface area contributed by atoms with Crippen molar-refractivity contribution in [1.82, 2.24) is 10.6 Å². The first-order chi connectivity index (χ1) is 16.0. The van der Waals surface area contributed by atoms with Gasteiger partial charge in [-0.25, -0.2) is 0 Å². The quantitative estimate of drug-likeness (QED) is 0.173. The number of nitrogens with one attached hydrogen (secondary N) is 2. The topological polar surface area (TPSA) is 217 Å². The number of carbonyl (C=O) groups excluding carboxylic acids is 1. The van der Waals surface area contributed by atoms with Crippen molar-refractivity contribution < 1.29 is 39.1 Å². The molecule has 0 spiro atoms. The fraction of sp³-hybridized carbons (Fsp3) is 0.857. The second-order valence-electron chi connectivity index (χ2n) is 9.45. The molecule has 1 aliphatic carbocycles. The molecule has 0 radical (unpaired) electrons. The maximum atomic E-state index is 11.6. The molecule has 196 valence electrons. The van der Waals surface area contributed by atoms with Crippen LogP contribution < -0.4 is 27.8 Å². The number of rotatable bonds is 7. The van der Waals surface area contributed by atoms with Gasteiger partial charge in [-0.15, -0.1) is 0 Å². The first-order valence-corrected chi connectivity index (χ1v) is 11.5. The van der Waals surface area contributed by atoms with Crippen LogP contribution in [-0.2, 0) is 23.7 Å². The van der Waals surface area contributed by atoms with E-state index in [9.17, 15) is 20.1 Å². The SMILES string of the molecule is CN[C@H]1[C@@H](O)[C@H](OC2C(N)CC(N)C(OC3OC(CN)=CCC3NC(C)=O)C2O)OC[C@]1(C)O. The summed E-state index contributed by atoms with van der Waals surface area (Å²) in [4.78, 5) is 11.6. The predicted molar refractivity (Wildman–Crippen MR) is 120 cm³/mol. The summed E-state index contributed by atoms with van der Waals surface area (Å²) < 4.78 is 23.3. The largest absolute Gasteiger partial charge is 0.466 e. The zero-order chi connectivity index (χ0) is 25.2. The van der Waals surface area contributed by atoms with E-state index in [1.54, 1.807) is 13.1 Å². The van der Waals surface area contributed by atoms with Crippen molar-refractivity contribution in [2.24, 2.45) is 17.2 Å². The van der Waals surface area contributed by atoms with E-state index in [0.29, 0.717) is 12.2 Å². The molecule has 7 unspecified atom stereocenters. The first kappa shape index (κ1) is 27.2. The van der Waals surface area contributed by atoms with Crippen LogP contribution in [0.5, 0.6) is 0 Å². The van der Waals surface area contributed by atoms with Crippen LogP contribution in [0.25, 0.3) is 0 Å². The summed E-state index contributed by atoms with van der Waals surface area (Å²) in [5, 5.41) is 37.9. The van der Waals surface area contributed by atoms with Crippen LogP contribution in [0.1, 0.15) is 26.7 Å². The highest BCUT2D eigenvalue weighted by Crippen LogP contribution is 2.31. The molecule has 2 heterocycles. The lowest BCUT2D eigenvalue weighted by atomic mass is 9.84. The molecule has 3 aliphatic rings. The van der Waals surface area contributed by atoms with Crippen molar-refractivity contribution in [3.8, 4) is 0 Å². The standard InChI is InChI=1S/C21H39N5O8/c1-9(27)26-13-5-4-10(7-22)32-19(13)33-16-11(23)6-12(24)17(14(16)28)34-20-15(29)18(25-3)21(2,30)8-31-20/h4,11-20,25,28-30H,5-8,22-24H2,1-3H3,(H,26,27)/t11?,12?,13?,14?,15-,16?,17?,18+,19?,20+,21+/m1/s1. The van der Waals surface area contributed by atoms with E-state index in [1.165, 1.54) is 13.8 Å². The average molecular weight is 490 g/mol. The predicted octanol–water partition coefficient (Wildman–Crippen LogP) is -3.67. The van der Waals surface area contributed by atoms with Crippen molar-refractivity contribution >= 4 is 5.91 Å². The van der Waals surface area contributed by atoms with Gasteiger partial charge in [-0.2, -0.15) is 0 Å². The van der Waals surface area contributed by atoms with Gasteiger partial charge in [0.1, 0.15) is 35.8 Å². The summed E-state index contributed by atoms with van der Waals surface area (Å²) in [5.74, 6) is 0.237. The number of carbonyl (C=O) groups is 1. The molecule has 1 saturated heterocycles. The molecule has 11 atom stereocenters. The van der Waals surface area contributed by atoms with Crippen LogP contribution >= 0.6 is 0 Å². The van der Waals surface area contributed by atoms with E-state index in [2.05, 4.69) is 10.6 Å². The van der Waals surface area contributed by atoms with Gasteiger partial charge in [0.15, 0.2) is 6.29 Å². The van der Waals surface area contributed by atoms with Crippen molar-refractivity contribution in [2.45, 2.75) is 93.5 Å². The lowest BCUT2D eigenvalue weighted by Gasteiger charge is -2.48. The molecule has 1 saturated carbocycles. The van der Waals surface area contributed by atoms with Crippen molar-refractivity contribution in [3.05, 3.63) is 11.8 Å². The zero-order valence-corrected chi connectivity index (χ0v) is 19.8. The minimum atomic E-state index is -1.32. The number of hydrogen-bond donors (Lipinski definition) is 8. The molecule has 0 aromatic heterocycles. The smallest absolute Gasteiger partial charge is 0.220 e. The number of amides is 1. The lowest BCUT2D eigenvalue weighted by molar-refractivity contribution is -0.303. The molecule has 0 bridgehead atoms. The van der Waals surface area contributed by atoms with Gasteiger partial charge in [-0.05, 0) is 32.9 Å². The van der Waals surface area contributed by atoms with Crippen LogP contribution in [0.4, 0.5) is 0 Å². The number of aliphatic hydroxyl groups is 3. The molecule has 11 N–H and O–H groups in total. The molecule has 0 aromatic carbocycles. The minimum Gasteiger partial charge on any atom is -0.466 e.